The van der Waals surface area contributed by atoms with Gasteiger partial charge in [0, 0.05) is 16.2 Å². The third-order valence-corrected chi connectivity index (χ3v) is 9.94. The van der Waals surface area contributed by atoms with Crippen molar-refractivity contribution in [2.24, 2.45) is 0 Å². The van der Waals surface area contributed by atoms with Gasteiger partial charge in [-0.15, -0.1) is 0 Å². The Hall–Kier alpha value is -6.18. The smallest absolute Gasteiger partial charge is 0.0541 e. The van der Waals surface area contributed by atoms with E-state index in [4.69, 9.17) is 0 Å². The second-order valence-corrected chi connectivity index (χ2v) is 12.5. The summed E-state index contributed by atoms with van der Waals surface area (Å²) in [5.74, 6) is 0. The molecule has 9 aromatic carbocycles. The first kappa shape index (κ1) is 26.1. The van der Waals surface area contributed by atoms with E-state index in [9.17, 15) is 0 Å². The first-order chi connectivity index (χ1) is 23.3. The predicted octanol–water partition coefficient (Wildman–Crippen LogP) is 12.7. The maximum absolute atomic E-state index is 2.44. The molecule has 1 heteroatoms. The fourth-order valence-corrected chi connectivity index (χ4v) is 7.89. The summed E-state index contributed by atoms with van der Waals surface area (Å²) >= 11 is 0. The van der Waals surface area contributed by atoms with Gasteiger partial charge in [-0.2, -0.15) is 0 Å². The number of fused-ring (bicyclic) bond motifs is 7. The van der Waals surface area contributed by atoms with Crippen molar-refractivity contribution in [3.63, 3.8) is 0 Å². The zero-order valence-corrected chi connectivity index (χ0v) is 25.7. The van der Waals surface area contributed by atoms with E-state index in [-0.39, 0.29) is 0 Å². The molecule has 0 saturated carbocycles. The average Bonchev–Trinajstić information content (AvgIpc) is 3.47. The van der Waals surface area contributed by atoms with Crippen LogP contribution in [-0.2, 0) is 0 Å². The Labute approximate surface area is 272 Å². The van der Waals surface area contributed by atoms with E-state index < -0.39 is 0 Å². The molecule has 1 nitrogen and oxygen atoms in total. The molecule has 1 heterocycles. The molecule has 0 fully saturated rings. The summed E-state index contributed by atoms with van der Waals surface area (Å²) in [4.78, 5) is 0. The highest BCUT2D eigenvalue weighted by Gasteiger charge is 2.19. The lowest BCUT2D eigenvalue weighted by Gasteiger charge is -2.18. The van der Waals surface area contributed by atoms with Gasteiger partial charge >= 0.3 is 0 Å². The minimum absolute atomic E-state index is 1.21. The molecule has 0 aliphatic rings. The molecule has 0 N–H and O–H groups in total. The minimum atomic E-state index is 1.21. The van der Waals surface area contributed by atoms with Gasteiger partial charge < -0.3 is 4.57 Å². The van der Waals surface area contributed by atoms with E-state index in [1.165, 1.54) is 92.8 Å². The van der Waals surface area contributed by atoms with Crippen LogP contribution in [0.3, 0.4) is 0 Å². The van der Waals surface area contributed by atoms with E-state index in [1.54, 1.807) is 0 Å². The van der Waals surface area contributed by atoms with Crippen LogP contribution in [0.4, 0.5) is 0 Å². The lowest BCUT2D eigenvalue weighted by Crippen LogP contribution is -1.95. The molecule has 218 valence electrons. The molecule has 10 aromatic rings. The standard InChI is InChI=1S/C46H29N/c1-2-14-32-28-33(25-24-30(32)12-1)45-37-18-5-7-20-39(37)46(40-21-8-6-19-38(40)45)34-26-27-44-41(29-34)36-17-9-10-22-43(36)47(44)42-23-11-15-31-13-3-4-16-35(31)42/h1-29H. The van der Waals surface area contributed by atoms with Crippen molar-refractivity contribution in [2.45, 2.75) is 0 Å². The molecule has 0 spiro atoms. The highest BCUT2D eigenvalue weighted by molar-refractivity contribution is 6.22. The number of hydrogen-bond acceptors (Lipinski definition) is 0. The van der Waals surface area contributed by atoms with E-state index in [2.05, 4.69) is 180 Å². The summed E-state index contributed by atoms with van der Waals surface area (Å²) in [6.45, 7) is 0. The number of aromatic nitrogens is 1. The molecule has 0 saturated heterocycles. The van der Waals surface area contributed by atoms with Gasteiger partial charge in [-0.25, -0.2) is 0 Å². The van der Waals surface area contributed by atoms with Crippen molar-refractivity contribution in [3.05, 3.63) is 176 Å². The van der Waals surface area contributed by atoms with Crippen LogP contribution >= 0.6 is 0 Å². The van der Waals surface area contributed by atoms with Crippen LogP contribution < -0.4 is 0 Å². The molecule has 0 aliphatic carbocycles. The average molecular weight is 596 g/mol. The molecule has 0 atom stereocenters. The van der Waals surface area contributed by atoms with Crippen molar-refractivity contribution in [2.75, 3.05) is 0 Å². The monoisotopic (exact) mass is 595 g/mol. The van der Waals surface area contributed by atoms with E-state index >= 15 is 0 Å². The molecule has 0 unspecified atom stereocenters. The van der Waals surface area contributed by atoms with Gasteiger partial charge in [0.2, 0.25) is 0 Å². The third-order valence-electron chi connectivity index (χ3n) is 9.94. The summed E-state index contributed by atoms with van der Waals surface area (Å²) in [6, 6.07) is 64.6. The molecule has 1 aromatic heterocycles. The van der Waals surface area contributed by atoms with Gasteiger partial charge in [0.15, 0.2) is 0 Å². The molecular formula is C46H29N. The molecule has 0 bridgehead atoms. The lowest BCUT2D eigenvalue weighted by molar-refractivity contribution is 1.20. The van der Waals surface area contributed by atoms with E-state index in [1.807, 2.05) is 0 Å². The second-order valence-electron chi connectivity index (χ2n) is 12.5. The van der Waals surface area contributed by atoms with E-state index in [0.29, 0.717) is 0 Å². The summed E-state index contributed by atoms with van der Waals surface area (Å²) in [5.41, 5.74) is 8.69. The highest BCUT2D eigenvalue weighted by atomic mass is 15.0. The normalized spacial score (nSPS) is 11.8. The molecule has 0 aliphatic heterocycles. The lowest BCUT2D eigenvalue weighted by atomic mass is 9.85. The largest absolute Gasteiger partial charge is 0.309 e. The Morgan fingerprint density at radius 1 is 0.277 bits per heavy atom. The topological polar surface area (TPSA) is 4.93 Å². The highest BCUT2D eigenvalue weighted by Crippen LogP contribution is 2.45. The Kier molecular flexibility index (Phi) is 5.64. The van der Waals surface area contributed by atoms with Crippen molar-refractivity contribution in [1.29, 1.82) is 0 Å². The molecule has 10 rings (SSSR count). The second kappa shape index (κ2) is 10.2. The number of nitrogens with zero attached hydrogens (tertiary/aromatic N) is 1. The number of hydrogen-bond donors (Lipinski definition) is 0. The fourth-order valence-electron chi connectivity index (χ4n) is 7.89. The Morgan fingerprint density at radius 3 is 1.47 bits per heavy atom. The van der Waals surface area contributed by atoms with Crippen LogP contribution in [0.1, 0.15) is 0 Å². The fraction of sp³-hybridized carbons (Fsp3) is 0. The van der Waals surface area contributed by atoms with Crippen LogP contribution in [0, 0.1) is 0 Å². The number of rotatable bonds is 3. The summed E-state index contributed by atoms with van der Waals surface area (Å²) in [6.07, 6.45) is 0. The first-order valence-corrected chi connectivity index (χ1v) is 16.3. The number of benzene rings is 9. The van der Waals surface area contributed by atoms with Crippen molar-refractivity contribution >= 4 is 64.9 Å². The van der Waals surface area contributed by atoms with Crippen LogP contribution in [0.5, 0.6) is 0 Å². The Bertz CT molecular complexity index is 2790. The van der Waals surface area contributed by atoms with Gasteiger partial charge in [0.05, 0.1) is 16.7 Å². The maximum Gasteiger partial charge on any atom is 0.0541 e. The van der Waals surface area contributed by atoms with Crippen molar-refractivity contribution in [1.82, 2.24) is 4.57 Å². The number of para-hydroxylation sites is 1. The van der Waals surface area contributed by atoms with Crippen LogP contribution in [0.2, 0.25) is 0 Å². The van der Waals surface area contributed by atoms with Gasteiger partial charge in [0.25, 0.3) is 0 Å². The molecule has 47 heavy (non-hydrogen) atoms. The maximum atomic E-state index is 2.44. The van der Waals surface area contributed by atoms with Crippen molar-refractivity contribution in [3.8, 4) is 27.9 Å². The SMILES string of the molecule is c1ccc2cc(-c3c4ccccc4c(-c4ccc5c(c4)c4ccccc4n5-c4cccc5ccccc45)c4ccccc34)ccc2c1. The van der Waals surface area contributed by atoms with Gasteiger partial charge in [0.1, 0.15) is 0 Å². The van der Waals surface area contributed by atoms with Gasteiger partial charge in [-0.1, -0.05) is 146 Å². The van der Waals surface area contributed by atoms with Crippen LogP contribution in [-0.4, -0.2) is 4.57 Å². The summed E-state index contributed by atoms with van der Waals surface area (Å²) in [5, 5.41) is 12.6. The Balaban J connectivity index is 1.27. The van der Waals surface area contributed by atoms with Gasteiger partial charge in [-0.3, -0.25) is 0 Å². The van der Waals surface area contributed by atoms with E-state index in [0.717, 1.165) is 0 Å². The van der Waals surface area contributed by atoms with Crippen LogP contribution in [0.25, 0.3) is 92.8 Å². The summed E-state index contributed by atoms with van der Waals surface area (Å²) in [7, 11) is 0. The zero-order chi connectivity index (χ0) is 30.9. The van der Waals surface area contributed by atoms with Crippen LogP contribution in [0.15, 0.2) is 176 Å². The molecule has 0 radical (unpaired) electrons. The zero-order valence-electron chi connectivity index (χ0n) is 25.7. The van der Waals surface area contributed by atoms with Gasteiger partial charge in [-0.05, 0) is 90.3 Å². The quantitative estimate of drug-likeness (QED) is 0.179. The minimum Gasteiger partial charge on any atom is -0.309 e. The predicted molar refractivity (Wildman–Crippen MR) is 202 cm³/mol. The molecule has 0 amide bonds. The first-order valence-electron chi connectivity index (χ1n) is 16.3. The van der Waals surface area contributed by atoms with Crippen molar-refractivity contribution < 1.29 is 0 Å². The Morgan fingerprint density at radius 2 is 0.766 bits per heavy atom. The summed E-state index contributed by atoms with van der Waals surface area (Å²) < 4.78 is 2.44. The third kappa shape index (κ3) is 3.90. The molecular weight excluding hydrogens is 567 g/mol.